The van der Waals surface area contributed by atoms with Crippen molar-refractivity contribution < 1.29 is 18.3 Å². The van der Waals surface area contributed by atoms with Gasteiger partial charge in [-0.2, -0.15) is 0 Å². The van der Waals surface area contributed by atoms with Crippen LogP contribution in [0.2, 0.25) is 0 Å². The summed E-state index contributed by atoms with van der Waals surface area (Å²) in [7, 11) is -3.63. The van der Waals surface area contributed by atoms with Crippen LogP contribution in [-0.2, 0) is 10.0 Å². The fourth-order valence-corrected chi connectivity index (χ4v) is 3.02. The molecule has 6 nitrogen and oxygen atoms in total. The Morgan fingerprint density at radius 3 is 2.65 bits per heavy atom. The maximum absolute atomic E-state index is 11.9. The van der Waals surface area contributed by atoms with Crippen LogP contribution in [0, 0.1) is 6.92 Å². The highest BCUT2D eigenvalue weighted by molar-refractivity contribution is 7.89. The van der Waals surface area contributed by atoms with Crippen LogP contribution in [0.1, 0.15) is 23.0 Å². The van der Waals surface area contributed by atoms with E-state index in [2.05, 4.69) is 9.71 Å². The number of aryl methyl sites for hydroxylation is 1. The van der Waals surface area contributed by atoms with Crippen LogP contribution in [0.4, 0.5) is 0 Å². The van der Waals surface area contributed by atoms with Gasteiger partial charge in [0.2, 0.25) is 10.0 Å². The number of sulfonamides is 1. The highest BCUT2D eigenvalue weighted by Gasteiger charge is 2.16. The number of rotatable bonds is 4. The third kappa shape index (κ3) is 2.63. The molecule has 0 aliphatic rings. The summed E-state index contributed by atoms with van der Waals surface area (Å²) in [4.78, 5) is 15.5. The molecule has 0 fully saturated rings. The van der Waals surface area contributed by atoms with Gasteiger partial charge in [0.15, 0.2) is 0 Å². The number of fused-ring (bicyclic) bond motifs is 1. The Balaban J connectivity index is 2.73. The lowest BCUT2D eigenvalue weighted by Gasteiger charge is -2.08. The highest BCUT2D eigenvalue weighted by Crippen LogP contribution is 2.22. The van der Waals surface area contributed by atoms with E-state index in [4.69, 9.17) is 0 Å². The molecular formula is C13H14N2O4S. The Bertz CT molecular complexity index is 784. The summed E-state index contributed by atoms with van der Waals surface area (Å²) in [5.41, 5.74) is 1.07. The third-order valence-electron chi connectivity index (χ3n) is 2.78. The van der Waals surface area contributed by atoms with E-state index in [1.165, 1.54) is 24.3 Å². The fraction of sp³-hybridized carbons (Fsp3) is 0.231. The van der Waals surface area contributed by atoms with Crippen LogP contribution in [0.15, 0.2) is 29.2 Å². The van der Waals surface area contributed by atoms with Crippen molar-refractivity contribution in [1.29, 1.82) is 0 Å². The molecule has 2 rings (SSSR count). The zero-order valence-electron chi connectivity index (χ0n) is 11.0. The summed E-state index contributed by atoms with van der Waals surface area (Å²) in [5.74, 6) is -1.11. The van der Waals surface area contributed by atoms with Crippen molar-refractivity contribution in [2.45, 2.75) is 18.7 Å². The van der Waals surface area contributed by atoms with Crippen molar-refractivity contribution in [1.82, 2.24) is 9.71 Å². The highest BCUT2D eigenvalue weighted by atomic mass is 32.2. The summed E-state index contributed by atoms with van der Waals surface area (Å²) in [6, 6.07) is 5.69. The first-order valence-corrected chi connectivity index (χ1v) is 7.48. The number of aromatic nitrogens is 1. The zero-order valence-corrected chi connectivity index (χ0v) is 11.9. The van der Waals surface area contributed by atoms with Gasteiger partial charge in [0.1, 0.15) is 0 Å². The average molecular weight is 294 g/mol. The molecule has 0 aliphatic heterocycles. The number of carboxylic acid groups (broad SMARTS) is 1. The molecule has 1 heterocycles. The Morgan fingerprint density at radius 1 is 1.35 bits per heavy atom. The number of carbonyl (C=O) groups is 1. The molecule has 0 amide bonds. The van der Waals surface area contributed by atoms with Gasteiger partial charge in [0.25, 0.3) is 0 Å². The molecule has 0 radical (unpaired) electrons. The van der Waals surface area contributed by atoms with Crippen molar-refractivity contribution >= 4 is 26.9 Å². The van der Waals surface area contributed by atoms with E-state index >= 15 is 0 Å². The SMILES string of the molecule is CCNS(=O)(=O)c1ccc2nc(C)cc(C(=O)O)c2c1. The number of benzene rings is 1. The lowest BCUT2D eigenvalue weighted by molar-refractivity contribution is 0.0699. The second-order valence-corrected chi connectivity index (χ2v) is 6.06. The van der Waals surface area contributed by atoms with Crippen LogP contribution in [-0.4, -0.2) is 31.0 Å². The normalized spacial score (nSPS) is 11.7. The lowest BCUT2D eigenvalue weighted by atomic mass is 10.1. The predicted molar refractivity (Wildman–Crippen MR) is 74.3 cm³/mol. The number of hydrogen-bond donors (Lipinski definition) is 2. The van der Waals surface area contributed by atoms with Crippen molar-refractivity contribution in [3.8, 4) is 0 Å². The molecule has 1 aromatic carbocycles. The Labute approximate surface area is 116 Å². The van der Waals surface area contributed by atoms with E-state index in [9.17, 15) is 18.3 Å². The van der Waals surface area contributed by atoms with Crippen molar-refractivity contribution in [3.63, 3.8) is 0 Å². The van der Waals surface area contributed by atoms with Crippen molar-refractivity contribution in [3.05, 3.63) is 35.5 Å². The van der Waals surface area contributed by atoms with E-state index in [-0.39, 0.29) is 17.0 Å². The number of nitrogens with zero attached hydrogens (tertiary/aromatic N) is 1. The molecule has 0 atom stereocenters. The number of carboxylic acids is 1. The predicted octanol–water partition coefficient (Wildman–Crippen LogP) is 1.54. The van der Waals surface area contributed by atoms with Crippen molar-refractivity contribution in [2.24, 2.45) is 0 Å². The fourth-order valence-electron chi connectivity index (χ4n) is 1.95. The van der Waals surface area contributed by atoms with Crippen LogP contribution < -0.4 is 4.72 Å². The molecule has 0 bridgehead atoms. The minimum Gasteiger partial charge on any atom is -0.478 e. The van der Waals surface area contributed by atoms with E-state index in [1.807, 2.05) is 0 Å². The summed E-state index contributed by atoms with van der Waals surface area (Å²) >= 11 is 0. The summed E-state index contributed by atoms with van der Waals surface area (Å²) in [6.07, 6.45) is 0. The van der Waals surface area contributed by atoms with E-state index in [1.54, 1.807) is 13.8 Å². The van der Waals surface area contributed by atoms with E-state index in [0.717, 1.165) is 0 Å². The second kappa shape index (κ2) is 5.18. The summed E-state index contributed by atoms with van der Waals surface area (Å²) in [5, 5.41) is 9.52. The molecule has 0 saturated carbocycles. The summed E-state index contributed by atoms with van der Waals surface area (Å²) in [6.45, 7) is 3.62. The standard InChI is InChI=1S/C13H14N2O4S/c1-3-14-20(18,19)9-4-5-12-10(7-9)11(13(16)17)6-8(2)15-12/h4-7,14H,3H2,1-2H3,(H,16,17). The van der Waals surface area contributed by atoms with Gasteiger partial charge in [-0.1, -0.05) is 6.92 Å². The number of hydrogen-bond acceptors (Lipinski definition) is 4. The molecule has 2 aromatic rings. The minimum absolute atomic E-state index is 0.0278. The maximum Gasteiger partial charge on any atom is 0.336 e. The molecule has 1 aromatic heterocycles. The lowest BCUT2D eigenvalue weighted by Crippen LogP contribution is -2.23. The third-order valence-corrected chi connectivity index (χ3v) is 4.33. The first kappa shape index (κ1) is 14.4. The monoisotopic (exact) mass is 294 g/mol. The molecule has 20 heavy (non-hydrogen) atoms. The quantitative estimate of drug-likeness (QED) is 0.891. The number of aromatic carboxylic acids is 1. The van der Waals surface area contributed by atoms with Crippen LogP contribution >= 0.6 is 0 Å². The zero-order chi connectivity index (χ0) is 14.9. The van der Waals surface area contributed by atoms with Gasteiger partial charge in [-0.15, -0.1) is 0 Å². The van der Waals surface area contributed by atoms with Gasteiger partial charge in [-0.3, -0.25) is 4.98 Å². The van der Waals surface area contributed by atoms with Gasteiger partial charge in [0, 0.05) is 17.6 Å². The smallest absolute Gasteiger partial charge is 0.336 e. The van der Waals surface area contributed by atoms with Gasteiger partial charge in [-0.25, -0.2) is 17.9 Å². The Kier molecular flexibility index (Phi) is 3.74. The topological polar surface area (TPSA) is 96.4 Å². The molecule has 7 heteroatoms. The van der Waals surface area contributed by atoms with Crippen LogP contribution in [0.25, 0.3) is 10.9 Å². The molecule has 0 spiro atoms. The molecule has 0 aliphatic carbocycles. The molecular weight excluding hydrogens is 280 g/mol. The average Bonchev–Trinajstić information content (AvgIpc) is 2.36. The van der Waals surface area contributed by atoms with Gasteiger partial charge in [0.05, 0.1) is 16.0 Å². The molecule has 2 N–H and O–H groups in total. The molecule has 106 valence electrons. The largest absolute Gasteiger partial charge is 0.478 e. The number of nitrogens with one attached hydrogen (secondary N) is 1. The van der Waals surface area contributed by atoms with Crippen molar-refractivity contribution in [2.75, 3.05) is 6.54 Å². The molecule has 0 unspecified atom stereocenters. The first-order chi connectivity index (χ1) is 9.35. The maximum atomic E-state index is 11.9. The van der Waals surface area contributed by atoms with E-state index < -0.39 is 16.0 Å². The second-order valence-electron chi connectivity index (χ2n) is 4.30. The Morgan fingerprint density at radius 2 is 2.05 bits per heavy atom. The van der Waals surface area contributed by atoms with Crippen LogP contribution in [0.3, 0.4) is 0 Å². The Hall–Kier alpha value is -1.99. The van der Waals surface area contributed by atoms with Gasteiger partial charge >= 0.3 is 5.97 Å². The van der Waals surface area contributed by atoms with Crippen LogP contribution in [0.5, 0.6) is 0 Å². The summed E-state index contributed by atoms with van der Waals surface area (Å²) < 4.78 is 26.3. The number of pyridine rings is 1. The minimum atomic E-state index is -3.63. The van der Waals surface area contributed by atoms with Gasteiger partial charge < -0.3 is 5.11 Å². The molecule has 0 saturated heterocycles. The van der Waals surface area contributed by atoms with E-state index in [0.29, 0.717) is 16.6 Å². The first-order valence-electron chi connectivity index (χ1n) is 5.99. The van der Waals surface area contributed by atoms with Gasteiger partial charge in [-0.05, 0) is 31.2 Å².